The topological polar surface area (TPSA) is 78.9 Å². The van der Waals surface area contributed by atoms with Crippen LogP contribution in [-0.4, -0.2) is 37.2 Å². The lowest BCUT2D eigenvalue weighted by molar-refractivity contribution is -0.167. The van der Waals surface area contributed by atoms with Gasteiger partial charge in [0.15, 0.2) is 6.10 Å². The van der Waals surface area contributed by atoms with Crippen molar-refractivity contribution in [1.29, 1.82) is 0 Å². The number of carbonyl (C=O) groups excluding carboxylic acids is 3. The molecule has 0 spiro atoms. The first kappa shape index (κ1) is 71.8. The van der Waals surface area contributed by atoms with Gasteiger partial charge in [-0.05, 0) is 135 Å². The summed E-state index contributed by atoms with van der Waals surface area (Å²) in [6.45, 7) is 6.19. The van der Waals surface area contributed by atoms with Gasteiger partial charge in [-0.25, -0.2) is 0 Å². The predicted octanol–water partition coefficient (Wildman–Crippen LogP) is 21.1. The number of hydrogen-bond donors (Lipinski definition) is 0. The van der Waals surface area contributed by atoms with E-state index in [0.717, 1.165) is 122 Å². The molecule has 0 aliphatic carbocycles. The Hall–Kier alpha value is -5.23. The Morgan fingerprint density at radius 2 is 0.481 bits per heavy atom. The minimum atomic E-state index is -0.842. The first-order valence-corrected chi connectivity index (χ1v) is 30.6. The van der Waals surface area contributed by atoms with Crippen LogP contribution in [0.1, 0.15) is 239 Å². The van der Waals surface area contributed by atoms with Crippen LogP contribution in [-0.2, 0) is 28.6 Å². The average molecular weight is 1060 g/mol. The van der Waals surface area contributed by atoms with Gasteiger partial charge in [0.2, 0.25) is 0 Å². The molecule has 0 amide bonds. The number of ether oxygens (including phenoxy) is 3. The summed E-state index contributed by atoms with van der Waals surface area (Å²) in [6.07, 6.45) is 93.7. The van der Waals surface area contributed by atoms with Gasteiger partial charge in [0.25, 0.3) is 0 Å². The summed E-state index contributed by atoms with van der Waals surface area (Å²) >= 11 is 0. The molecule has 1 atom stereocenters. The van der Waals surface area contributed by atoms with E-state index in [4.69, 9.17) is 14.2 Å². The van der Waals surface area contributed by atoms with Crippen LogP contribution in [0, 0.1) is 0 Å². The van der Waals surface area contributed by atoms with Crippen molar-refractivity contribution in [2.75, 3.05) is 13.2 Å². The van der Waals surface area contributed by atoms with E-state index in [9.17, 15) is 14.4 Å². The Morgan fingerprint density at radius 3 is 0.779 bits per heavy atom. The van der Waals surface area contributed by atoms with Gasteiger partial charge in [-0.1, -0.05) is 255 Å². The third-order valence-corrected chi connectivity index (χ3v) is 12.2. The van der Waals surface area contributed by atoms with Crippen LogP contribution >= 0.6 is 0 Å². The van der Waals surface area contributed by atoms with Crippen LogP contribution in [0.25, 0.3) is 0 Å². The quantitative estimate of drug-likeness (QED) is 0.0261. The maximum absolute atomic E-state index is 12.9. The molecule has 0 aromatic heterocycles. The van der Waals surface area contributed by atoms with Gasteiger partial charge in [-0.2, -0.15) is 0 Å². The SMILES string of the molecule is CC/C=C\C/C=C\C/C=C\C/C=C\C/C=C\CCCC(=O)OCC(COC(=O)CCCCCCCCCCCCCC/C=C\C/C=C\C/C=C\C/C=C\CC)OC(=O)CCC/C=C\C/C=C\C/C=C\C/C=C\C/C=C\CC. The predicted molar refractivity (Wildman–Crippen MR) is 334 cm³/mol. The second-order valence-corrected chi connectivity index (χ2v) is 19.5. The van der Waals surface area contributed by atoms with E-state index in [0.29, 0.717) is 19.3 Å². The molecule has 0 aromatic carbocycles. The van der Waals surface area contributed by atoms with Crippen LogP contribution in [0.5, 0.6) is 0 Å². The lowest BCUT2D eigenvalue weighted by Gasteiger charge is -2.18. The van der Waals surface area contributed by atoms with Crippen LogP contribution in [0.2, 0.25) is 0 Å². The largest absolute Gasteiger partial charge is 0.462 e. The summed E-state index contributed by atoms with van der Waals surface area (Å²) < 4.78 is 16.8. The number of hydrogen-bond acceptors (Lipinski definition) is 6. The average Bonchev–Trinajstić information content (AvgIpc) is 3.43. The summed E-state index contributed by atoms with van der Waals surface area (Å²) in [5.41, 5.74) is 0. The number of unbranched alkanes of at least 4 members (excludes halogenated alkanes) is 14. The van der Waals surface area contributed by atoms with Crippen molar-refractivity contribution in [2.45, 2.75) is 245 Å². The summed E-state index contributed by atoms with van der Waals surface area (Å²) in [6, 6.07) is 0. The van der Waals surface area contributed by atoms with E-state index in [1.54, 1.807) is 0 Å². The first-order chi connectivity index (χ1) is 38.0. The van der Waals surface area contributed by atoms with E-state index in [2.05, 4.69) is 191 Å². The van der Waals surface area contributed by atoms with Crippen LogP contribution in [0.4, 0.5) is 0 Å². The van der Waals surface area contributed by atoms with Gasteiger partial charge in [0.05, 0.1) is 0 Å². The van der Waals surface area contributed by atoms with E-state index < -0.39 is 6.10 Å². The highest BCUT2D eigenvalue weighted by atomic mass is 16.6. The maximum Gasteiger partial charge on any atom is 0.306 e. The molecule has 6 heteroatoms. The molecule has 1 unspecified atom stereocenters. The number of rotatable bonds is 53. The smallest absolute Gasteiger partial charge is 0.306 e. The second kappa shape index (κ2) is 63.3. The third kappa shape index (κ3) is 61.5. The molecule has 0 heterocycles. The molecule has 0 aromatic rings. The third-order valence-electron chi connectivity index (χ3n) is 12.2. The Bertz CT molecular complexity index is 1790. The summed E-state index contributed by atoms with van der Waals surface area (Å²) in [5.74, 6) is -1.06. The lowest BCUT2D eigenvalue weighted by atomic mass is 10.0. The Balaban J connectivity index is 4.51. The van der Waals surface area contributed by atoms with Crippen molar-refractivity contribution >= 4 is 17.9 Å². The molecule has 0 aliphatic rings. The van der Waals surface area contributed by atoms with Crippen LogP contribution < -0.4 is 0 Å². The molecule has 0 rings (SSSR count). The first-order valence-electron chi connectivity index (χ1n) is 30.6. The van der Waals surface area contributed by atoms with E-state index in [-0.39, 0.29) is 44.0 Å². The van der Waals surface area contributed by atoms with Gasteiger partial charge in [-0.3, -0.25) is 14.4 Å². The van der Waals surface area contributed by atoms with Crippen molar-refractivity contribution in [3.63, 3.8) is 0 Å². The van der Waals surface area contributed by atoms with Gasteiger partial charge in [0, 0.05) is 19.3 Å². The van der Waals surface area contributed by atoms with Crippen molar-refractivity contribution in [1.82, 2.24) is 0 Å². The molecule has 6 nitrogen and oxygen atoms in total. The van der Waals surface area contributed by atoms with Crippen LogP contribution in [0.3, 0.4) is 0 Å². The molecule has 0 saturated carbocycles. The Morgan fingerprint density at radius 1 is 0.260 bits per heavy atom. The van der Waals surface area contributed by atoms with Crippen molar-refractivity contribution in [3.05, 3.63) is 170 Å². The lowest BCUT2D eigenvalue weighted by Crippen LogP contribution is -2.30. The minimum absolute atomic E-state index is 0.127. The molecular formula is C71H110O6. The summed E-state index contributed by atoms with van der Waals surface area (Å²) in [5, 5.41) is 0. The fraction of sp³-hybridized carbons (Fsp3) is 0.563. The Labute approximate surface area is 472 Å². The monoisotopic (exact) mass is 1060 g/mol. The molecule has 0 N–H and O–H groups in total. The molecule has 0 saturated heterocycles. The highest BCUT2D eigenvalue weighted by molar-refractivity contribution is 5.71. The molecular weight excluding hydrogens is 949 g/mol. The fourth-order valence-corrected chi connectivity index (χ4v) is 7.74. The van der Waals surface area contributed by atoms with Crippen molar-refractivity contribution < 1.29 is 28.6 Å². The molecule has 77 heavy (non-hydrogen) atoms. The number of esters is 3. The molecule has 0 aliphatic heterocycles. The van der Waals surface area contributed by atoms with E-state index in [1.807, 2.05) is 0 Å². The summed E-state index contributed by atoms with van der Waals surface area (Å²) in [4.78, 5) is 38.2. The fourth-order valence-electron chi connectivity index (χ4n) is 7.74. The zero-order valence-corrected chi connectivity index (χ0v) is 49.1. The molecule has 0 fully saturated rings. The van der Waals surface area contributed by atoms with Gasteiger partial charge < -0.3 is 14.2 Å². The molecule has 0 bridgehead atoms. The van der Waals surface area contributed by atoms with E-state index >= 15 is 0 Å². The zero-order chi connectivity index (χ0) is 55.7. The number of carbonyl (C=O) groups is 3. The molecule has 0 radical (unpaired) electrons. The van der Waals surface area contributed by atoms with Gasteiger partial charge in [-0.15, -0.1) is 0 Å². The van der Waals surface area contributed by atoms with Crippen molar-refractivity contribution in [3.8, 4) is 0 Å². The minimum Gasteiger partial charge on any atom is -0.462 e. The second-order valence-electron chi connectivity index (χ2n) is 19.5. The highest BCUT2D eigenvalue weighted by Gasteiger charge is 2.19. The standard InChI is InChI=1S/C71H110O6/c1-4-7-10-13-16-19-22-25-28-31-32-33-34-35-36-37-38-41-43-46-49-52-55-58-61-64-70(73)76-67-68(77-71(74)65-62-59-56-53-50-47-44-40-30-27-24-21-18-15-12-9-6-3)66-75-69(72)63-60-57-54-51-48-45-42-39-29-26-23-20-17-14-11-8-5-2/h7-12,16-21,25-30,32-33,42,44-45,47,51,53-54,56,68H,4-6,13-15,22-24,31,34-41,43,46,48-50,52,55,57-67H2,1-3H3/b10-7-,11-8-,12-9-,19-16-,20-17-,21-18-,28-25-,29-26-,30-27-,33-32-,45-42-,47-44-,54-51-,56-53-. The highest BCUT2D eigenvalue weighted by Crippen LogP contribution is 2.14. The Kier molecular flexibility index (Phi) is 59.0. The molecule has 430 valence electrons. The normalized spacial score (nSPS) is 13.3. The van der Waals surface area contributed by atoms with Gasteiger partial charge in [0.1, 0.15) is 13.2 Å². The summed E-state index contributed by atoms with van der Waals surface area (Å²) in [7, 11) is 0. The van der Waals surface area contributed by atoms with E-state index in [1.165, 1.54) is 64.2 Å². The maximum atomic E-state index is 12.9. The zero-order valence-electron chi connectivity index (χ0n) is 49.1. The number of allylic oxidation sites excluding steroid dienone is 28. The van der Waals surface area contributed by atoms with Crippen molar-refractivity contribution in [2.24, 2.45) is 0 Å². The van der Waals surface area contributed by atoms with Gasteiger partial charge >= 0.3 is 17.9 Å². The van der Waals surface area contributed by atoms with Crippen LogP contribution in [0.15, 0.2) is 170 Å².